The van der Waals surface area contributed by atoms with Crippen molar-refractivity contribution in [3.8, 4) is 0 Å². The summed E-state index contributed by atoms with van der Waals surface area (Å²) in [7, 11) is 0. The summed E-state index contributed by atoms with van der Waals surface area (Å²) in [6, 6.07) is 0.805. The molecule has 5 heteroatoms. The number of amidine groups is 1. The van der Waals surface area contributed by atoms with Crippen molar-refractivity contribution < 1.29 is 4.79 Å². The summed E-state index contributed by atoms with van der Waals surface area (Å²) in [5.74, 6) is 0.155. The third kappa shape index (κ3) is 2.87. The van der Waals surface area contributed by atoms with Crippen LogP contribution in [0.2, 0.25) is 0 Å². The van der Waals surface area contributed by atoms with E-state index >= 15 is 0 Å². The molecule has 0 radical (unpaired) electrons. The van der Waals surface area contributed by atoms with Crippen LogP contribution in [0.1, 0.15) is 38.5 Å². The number of carbonyl (C=O) groups is 1. The van der Waals surface area contributed by atoms with Crippen LogP contribution in [0, 0.1) is 5.41 Å². The zero-order valence-electron chi connectivity index (χ0n) is 9.54. The second kappa shape index (κ2) is 4.72. The Labute approximate surface area is 95.9 Å². The lowest BCUT2D eigenvalue weighted by Crippen LogP contribution is -2.48. The molecule has 0 atom stereocenters. The summed E-state index contributed by atoms with van der Waals surface area (Å²) in [6.45, 7) is 0.582. The predicted octanol–water partition coefficient (Wildman–Crippen LogP) is 1.04. The molecule has 2 aliphatic carbocycles. The lowest BCUT2D eigenvalue weighted by Gasteiger charge is -2.30. The van der Waals surface area contributed by atoms with E-state index in [0.717, 1.165) is 25.7 Å². The first-order valence-electron chi connectivity index (χ1n) is 6.07. The average molecular weight is 224 g/mol. The Balaban J connectivity index is 1.80. The molecule has 0 aliphatic heterocycles. The molecule has 0 aromatic rings. The fourth-order valence-electron chi connectivity index (χ4n) is 1.89. The number of nitrogens with two attached hydrogens (primary N) is 1. The van der Waals surface area contributed by atoms with Crippen molar-refractivity contribution in [2.75, 3.05) is 6.54 Å². The summed E-state index contributed by atoms with van der Waals surface area (Å²) in [4.78, 5) is 13.8. The molecule has 4 N–H and O–H groups in total. The number of nitrogens with one attached hydrogen (secondary N) is 2. The van der Waals surface area contributed by atoms with E-state index in [9.17, 15) is 4.79 Å². The fourth-order valence-corrected chi connectivity index (χ4v) is 1.89. The van der Waals surface area contributed by atoms with Crippen LogP contribution in [-0.4, -0.2) is 35.4 Å². The number of rotatable bonds is 5. The van der Waals surface area contributed by atoms with Gasteiger partial charge in [-0.3, -0.25) is 5.41 Å². The monoisotopic (exact) mass is 224 g/mol. The largest absolute Gasteiger partial charge is 0.388 e. The Morgan fingerprint density at radius 1 is 1.38 bits per heavy atom. The molecule has 2 aliphatic rings. The molecule has 0 unspecified atom stereocenters. The first kappa shape index (κ1) is 11.2. The molecule has 0 heterocycles. The second-order valence-corrected chi connectivity index (χ2v) is 4.78. The molecule has 16 heavy (non-hydrogen) atoms. The van der Waals surface area contributed by atoms with Gasteiger partial charge in [-0.05, 0) is 32.1 Å². The van der Waals surface area contributed by atoms with E-state index < -0.39 is 0 Å². The van der Waals surface area contributed by atoms with Gasteiger partial charge in [-0.1, -0.05) is 0 Å². The first-order chi connectivity index (χ1) is 7.66. The third-order valence-corrected chi connectivity index (χ3v) is 3.30. The Kier molecular flexibility index (Phi) is 3.31. The van der Waals surface area contributed by atoms with E-state index in [2.05, 4.69) is 5.32 Å². The van der Waals surface area contributed by atoms with E-state index in [-0.39, 0.29) is 11.9 Å². The molecule has 2 amide bonds. The van der Waals surface area contributed by atoms with Crippen LogP contribution in [0.15, 0.2) is 0 Å². The van der Waals surface area contributed by atoms with Crippen molar-refractivity contribution in [3.05, 3.63) is 0 Å². The highest BCUT2D eigenvalue weighted by molar-refractivity contribution is 5.79. The first-order valence-corrected chi connectivity index (χ1v) is 6.07. The lowest BCUT2D eigenvalue weighted by molar-refractivity contribution is 0.185. The van der Waals surface area contributed by atoms with Gasteiger partial charge in [-0.2, -0.15) is 0 Å². The number of amides is 2. The highest BCUT2D eigenvalue weighted by atomic mass is 16.2. The molecule has 0 aromatic carbocycles. The highest BCUT2D eigenvalue weighted by Gasteiger charge is 2.33. The molecular formula is C11H20N4O. The summed E-state index contributed by atoms with van der Waals surface area (Å²) in [6.07, 6.45) is 6.11. The SMILES string of the molecule is N=C(N)CCN(C(=O)NC1CCC1)C1CC1. The number of hydrogen-bond donors (Lipinski definition) is 3. The zero-order chi connectivity index (χ0) is 11.5. The molecular weight excluding hydrogens is 204 g/mol. The van der Waals surface area contributed by atoms with E-state index in [1.807, 2.05) is 4.90 Å². The Bertz CT molecular complexity index is 284. The molecule has 0 spiro atoms. The Morgan fingerprint density at radius 3 is 2.50 bits per heavy atom. The minimum atomic E-state index is 0.0356. The van der Waals surface area contributed by atoms with Gasteiger partial charge in [0, 0.05) is 25.0 Å². The van der Waals surface area contributed by atoms with Crippen molar-refractivity contribution in [1.82, 2.24) is 10.2 Å². The van der Waals surface area contributed by atoms with Gasteiger partial charge in [0.15, 0.2) is 0 Å². The average Bonchev–Trinajstić information content (AvgIpc) is 2.95. The van der Waals surface area contributed by atoms with Gasteiger partial charge in [-0.25, -0.2) is 4.79 Å². The van der Waals surface area contributed by atoms with Crippen molar-refractivity contribution >= 4 is 11.9 Å². The molecule has 2 saturated carbocycles. The van der Waals surface area contributed by atoms with Gasteiger partial charge in [-0.15, -0.1) is 0 Å². The Morgan fingerprint density at radius 2 is 2.06 bits per heavy atom. The van der Waals surface area contributed by atoms with Crippen molar-refractivity contribution in [1.29, 1.82) is 5.41 Å². The summed E-state index contributed by atoms with van der Waals surface area (Å²) < 4.78 is 0. The van der Waals surface area contributed by atoms with Crippen molar-refractivity contribution in [3.63, 3.8) is 0 Å². The minimum absolute atomic E-state index is 0.0356. The van der Waals surface area contributed by atoms with Crippen LogP contribution >= 0.6 is 0 Å². The van der Waals surface area contributed by atoms with Crippen LogP contribution in [0.25, 0.3) is 0 Å². The quantitative estimate of drug-likeness (QED) is 0.481. The standard InChI is InChI=1S/C11H20N4O/c12-10(13)6-7-15(9-4-5-9)11(16)14-8-2-1-3-8/h8-9H,1-7H2,(H3,12,13)(H,14,16). The Hall–Kier alpha value is -1.26. The van der Waals surface area contributed by atoms with E-state index in [1.165, 1.54) is 6.42 Å². The summed E-state index contributed by atoms with van der Waals surface area (Å²) in [5.41, 5.74) is 5.32. The van der Waals surface area contributed by atoms with Gasteiger partial charge in [0.2, 0.25) is 0 Å². The van der Waals surface area contributed by atoms with Crippen LogP contribution in [-0.2, 0) is 0 Å². The third-order valence-electron chi connectivity index (χ3n) is 3.30. The van der Waals surface area contributed by atoms with Crippen LogP contribution in [0.4, 0.5) is 4.79 Å². The molecule has 90 valence electrons. The smallest absolute Gasteiger partial charge is 0.317 e. The maximum absolute atomic E-state index is 11.9. The van der Waals surface area contributed by atoms with Crippen molar-refractivity contribution in [2.24, 2.45) is 5.73 Å². The van der Waals surface area contributed by atoms with Crippen LogP contribution in [0.5, 0.6) is 0 Å². The predicted molar refractivity (Wildman–Crippen MR) is 62.4 cm³/mol. The molecule has 2 fully saturated rings. The van der Waals surface area contributed by atoms with Gasteiger partial charge >= 0.3 is 6.03 Å². The second-order valence-electron chi connectivity index (χ2n) is 4.78. The molecule has 0 aromatic heterocycles. The summed E-state index contributed by atoms with van der Waals surface area (Å²) in [5, 5.41) is 10.2. The summed E-state index contributed by atoms with van der Waals surface area (Å²) >= 11 is 0. The normalized spacial score (nSPS) is 20.0. The molecule has 2 rings (SSSR count). The number of nitrogens with zero attached hydrogens (tertiary/aromatic N) is 1. The van der Waals surface area contributed by atoms with Crippen molar-refractivity contribution in [2.45, 2.75) is 50.6 Å². The number of carbonyl (C=O) groups excluding carboxylic acids is 1. The van der Waals surface area contributed by atoms with E-state index in [0.29, 0.717) is 25.0 Å². The van der Waals surface area contributed by atoms with Gasteiger partial charge in [0.1, 0.15) is 0 Å². The maximum atomic E-state index is 11.9. The minimum Gasteiger partial charge on any atom is -0.388 e. The highest BCUT2D eigenvalue weighted by Crippen LogP contribution is 2.27. The molecule has 0 saturated heterocycles. The lowest BCUT2D eigenvalue weighted by atomic mass is 9.93. The van der Waals surface area contributed by atoms with Gasteiger partial charge < -0.3 is 16.0 Å². The zero-order valence-corrected chi connectivity index (χ0v) is 9.54. The molecule has 0 bridgehead atoms. The number of hydrogen-bond acceptors (Lipinski definition) is 2. The fraction of sp³-hybridized carbons (Fsp3) is 0.818. The topological polar surface area (TPSA) is 82.2 Å². The van der Waals surface area contributed by atoms with E-state index in [1.54, 1.807) is 0 Å². The van der Waals surface area contributed by atoms with Gasteiger partial charge in [0.25, 0.3) is 0 Å². The maximum Gasteiger partial charge on any atom is 0.317 e. The molecule has 5 nitrogen and oxygen atoms in total. The number of urea groups is 1. The van der Waals surface area contributed by atoms with E-state index in [4.69, 9.17) is 11.1 Å². The van der Waals surface area contributed by atoms with Crippen LogP contribution < -0.4 is 11.1 Å². The van der Waals surface area contributed by atoms with Gasteiger partial charge in [0.05, 0.1) is 5.84 Å². The van der Waals surface area contributed by atoms with Crippen LogP contribution in [0.3, 0.4) is 0 Å².